The Morgan fingerprint density at radius 3 is 2.68 bits per heavy atom. The smallest absolute Gasteiger partial charge is 0.287 e. The molecule has 0 saturated carbocycles. The Hall–Kier alpha value is -2.05. The van der Waals surface area contributed by atoms with Crippen molar-refractivity contribution in [3.63, 3.8) is 0 Å². The molecular formula is C16H11BrN2O2S. The Kier molecular flexibility index (Phi) is 4.31. The number of rotatable bonds is 4. The van der Waals surface area contributed by atoms with Crippen molar-refractivity contribution in [3.05, 3.63) is 69.5 Å². The Morgan fingerprint density at radius 2 is 1.95 bits per heavy atom. The van der Waals surface area contributed by atoms with Crippen molar-refractivity contribution in [3.8, 4) is 11.5 Å². The van der Waals surface area contributed by atoms with E-state index >= 15 is 0 Å². The molecule has 0 aliphatic rings. The van der Waals surface area contributed by atoms with Gasteiger partial charge < -0.3 is 4.42 Å². The number of carbonyl (C=O) groups excluding carboxylic acids is 1. The molecule has 0 bridgehead atoms. The van der Waals surface area contributed by atoms with Gasteiger partial charge in [-0.15, -0.1) is 5.10 Å². The van der Waals surface area contributed by atoms with Crippen LogP contribution in [0.4, 0.5) is 0 Å². The van der Waals surface area contributed by atoms with Crippen molar-refractivity contribution in [2.45, 2.75) is 6.54 Å². The van der Waals surface area contributed by atoms with Crippen LogP contribution in [0.25, 0.3) is 11.5 Å². The van der Waals surface area contributed by atoms with E-state index in [4.69, 9.17) is 16.6 Å². The molecule has 0 unspecified atom stereocenters. The van der Waals surface area contributed by atoms with Crippen LogP contribution in [0.15, 0.2) is 63.5 Å². The third-order valence-corrected chi connectivity index (χ3v) is 3.85. The molecule has 0 aliphatic heterocycles. The van der Waals surface area contributed by atoms with Crippen LogP contribution < -0.4 is 0 Å². The first-order valence-corrected chi connectivity index (χ1v) is 7.76. The molecule has 0 amide bonds. The van der Waals surface area contributed by atoms with Gasteiger partial charge in [0.15, 0.2) is 5.78 Å². The van der Waals surface area contributed by atoms with E-state index in [1.54, 1.807) is 12.1 Å². The Morgan fingerprint density at radius 1 is 1.18 bits per heavy atom. The van der Waals surface area contributed by atoms with Crippen molar-refractivity contribution in [2.24, 2.45) is 0 Å². The van der Waals surface area contributed by atoms with E-state index in [0.29, 0.717) is 11.5 Å². The predicted molar refractivity (Wildman–Crippen MR) is 89.2 cm³/mol. The van der Waals surface area contributed by atoms with Gasteiger partial charge in [0.2, 0.25) is 5.89 Å². The maximum absolute atomic E-state index is 12.2. The third kappa shape index (κ3) is 3.23. The van der Waals surface area contributed by atoms with Crippen LogP contribution in [0.2, 0.25) is 0 Å². The quantitative estimate of drug-likeness (QED) is 0.497. The first kappa shape index (κ1) is 14.9. The fourth-order valence-corrected chi connectivity index (χ4v) is 2.58. The van der Waals surface area contributed by atoms with Crippen LogP contribution in [0.3, 0.4) is 0 Å². The normalized spacial score (nSPS) is 10.6. The number of nitrogens with zero attached hydrogens (tertiary/aromatic N) is 2. The highest BCUT2D eigenvalue weighted by Gasteiger charge is 2.12. The molecule has 1 aromatic heterocycles. The average Bonchev–Trinajstić information content (AvgIpc) is 2.89. The lowest BCUT2D eigenvalue weighted by Crippen LogP contribution is -2.11. The lowest BCUT2D eigenvalue weighted by atomic mass is 10.1. The molecule has 0 N–H and O–H groups in total. The molecule has 0 radical (unpaired) electrons. The molecule has 0 saturated heterocycles. The summed E-state index contributed by atoms with van der Waals surface area (Å²) >= 11 is 8.54. The van der Waals surface area contributed by atoms with Gasteiger partial charge in [-0.1, -0.05) is 52.3 Å². The van der Waals surface area contributed by atoms with Gasteiger partial charge in [-0.2, -0.15) is 0 Å². The van der Waals surface area contributed by atoms with Crippen LogP contribution in [-0.4, -0.2) is 15.6 Å². The summed E-state index contributed by atoms with van der Waals surface area (Å²) in [7, 11) is 0. The van der Waals surface area contributed by atoms with Crippen molar-refractivity contribution in [1.82, 2.24) is 9.78 Å². The van der Waals surface area contributed by atoms with Gasteiger partial charge in [-0.05, 0) is 30.4 Å². The fraction of sp³-hybridized carbons (Fsp3) is 0.0625. The summed E-state index contributed by atoms with van der Waals surface area (Å²) in [5, 5.41) is 4.29. The van der Waals surface area contributed by atoms with Gasteiger partial charge in [0.05, 0.1) is 0 Å². The molecular weight excluding hydrogens is 364 g/mol. The maximum Gasteiger partial charge on any atom is 0.287 e. The minimum Gasteiger partial charge on any atom is -0.409 e. The molecule has 2 aromatic carbocycles. The SMILES string of the molecule is O=C(Cn1nc(-c2cccc(Br)c2)oc1=S)c1ccccc1. The number of Topliss-reactive ketones (excluding diaryl/α,β-unsaturated/α-hetero) is 1. The molecule has 0 aliphatic carbocycles. The second kappa shape index (κ2) is 6.37. The van der Waals surface area contributed by atoms with Crippen molar-refractivity contribution < 1.29 is 9.21 Å². The Balaban J connectivity index is 1.87. The zero-order valence-electron chi connectivity index (χ0n) is 11.4. The number of carbonyl (C=O) groups is 1. The monoisotopic (exact) mass is 374 g/mol. The summed E-state index contributed by atoms with van der Waals surface area (Å²) < 4.78 is 7.81. The van der Waals surface area contributed by atoms with Crippen molar-refractivity contribution in [2.75, 3.05) is 0 Å². The molecule has 3 rings (SSSR count). The summed E-state index contributed by atoms with van der Waals surface area (Å²) in [6.45, 7) is 0.0559. The second-order valence-electron chi connectivity index (χ2n) is 4.63. The Labute approximate surface area is 140 Å². The fourth-order valence-electron chi connectivity index (χ4n) is 2.00. The largest absolute Gasteiger partial charge is 0.409 e. The summed E-state index contributed by atoms with van der Waals surface area (Å²) in [4.78, 5) is 12.4. The lowest BCUT2D eigenvalue weighted by molar-refractivity contribution is 0.0966. The van der Waals surface area contributed by atoms with E-state index in [0.717, 1.165) is 10.0 Å². The first-order chi connectivity index (χ1) is 10.6. The number of ketones is 1. The van der Waals surface area contributed by atoms with Gasteiger partial charge in [0.25, 0.3) is 4.84 Å². The topological polar surface area (TPSA) is 48.0 Å². The predicted octanol–water partition coefficient (Wildman–Crippen LogP) is 4.52. The van der Waals surface area contributed by atoms with Gasteiger partial charge in [0.1, 0.15) is 6.54 Å². The van der Waals surface area contributed by atoms with E-state index in [-0.39, 0.29) is 17.2 Å². The number of hydrogen-bond donors (Lipinski definition) is 0. The molecule has 0 fully saturated rings. The molecule has 4 nitrogen and oxygen atoms in total. The standard InChI is InChI=1S/C16H11BrN2O2S/c17-13-8-4-7-12(9-13)15-18-19(16(22)21-15)10-14(20)11-5-2-1-3-6-11/h1-9H,10H2. The van der Waals surface area contributed by atoms with E-state index in [1.807, 2.05) is 42.5 Å². The number of benzene rings is 2. The van der Waals surface area contributed by atoms with Crippen molar-refractivity contribution >= 4 is 33.9 Å². The third-order valence-electron chi connectivity index (χ3n) is 3.07. The summed E-state index contributed by atoms with van der Waals surface area (Å²) in [6, 6.07) is 16.6. The molecule has 3 aromatic rings. The number of hydrogen-bond acceptors (Lipinski definition) is 4. The van der Waals surface area contributed by atoms with Crippen LogP contribution in [0, 0.1) is 4.84 Å². The van der Waals surface area contributed by atoms with E-state index < -0.39 is 0 Å². The van der Waals surface area contributed by atoms with Gasteiger partial charge >= 0.3 is 0 Å². The molecule has 0 atom stereocenters. The van der Waals surface area contributed by atoms with Gasteiger partial charge in [-0.25, -0.2) is 4.68 Å². The average molecular weight is 375 g/mol. The summed E-state index contributed by atoms with van der Waals surface area (Å²) in [5.41, 5.74) is 1.42. The maximum atomic E-state index is 12.2. The van der Waals surface area contributed by atoms with Crippen LogP contribution >= 0.6 is 28.1 Å². The molecule has 0 spiro atoms. The summed E-state index contributed by atoms with van der Waals surface area (Å²) in [6.07, 6.45) is 0. The zero-order chi connectivity index (χ0) is 15.5. The number of halogens is 1. The van der Waals surface area contributed by atoms with Gasteiger partial charge in [0, 0.05) is 15.6 Å². The van der Waals surface area contributed by atoms with E-state index in [1.165, 1.54) is 4.68 Å². The molecule has 110 valence electrons. The van der Waals surface area contributed by atoms with Crippen LogP contribution in [0.5, 0.6) is 0 Å². The minimum absolute atomic E-state index is 0.0559. The molecule has 22 heavy (non-hydrogen) atoms. The van der Waals surface area contributed by atoms with E-state index in [9.17, 15) is 4.79 Å². The van der Waals surface area contributed by atoms with Crippen molar-refractivity contribution in [1.29, 1.82) is 0 Å². The molecule has 6 heteroatoms. The minimum atomic E-state index is -0.0641. The second-order valence-corrected chi connectivity index (χ2v) is 5.90. The number of aromatic nitrogens is 2. The lowest BCUT2D eigenvalue weighted by Gasteiger charge is -1.99. The highest BCUT2D eigenvalue weighted by atomic mass is 79.9. The van der Waals surface area contributed by atoms with Crippen LogP contribution in [0.1, 0.15) is 10.4 Å². The highest BCUT2D eigenvalue weighted by Crippen LogP contribution is 2.21. The van der Waals surface area contributed by atoms with E-state index in [2.05, 4.69) is 21.0 Å². The zero-order valence-corrected chi connectivity index (χ0v) is 13.8. The van der Waals surface area contributed by atoms with Crippen LogP contribution in [-0.2, 0) is 6.54 Å². The first-order valence-electron chi connectivity index (χ1n) is 6.55. The Bertz CT molecular complexity index is 871. The molecule has 1 heterocycles. The summed E-state index contributed by atoms with van der Waals surface area (Å²) in [5.74, 6) is 0.331. The highest BCUT2D eigenvalue weighted by molar-refractivity contribution is 9.10. The van der Waals surface area contributed by atoms with Gasteiger partial charge in [-0.3, -0.25) is 4.79 Å².